The van der Waals surface area contributed by atoms with Gasteiger partial charge in [-0.3, -0.25) is 0 Å². The lowest BCUT2D eigenvalue weighted by Crippen LogP contribution is -2.33. The smallest absolute Gasteiger partial charge is 0.0908 e. The van der Waals surface area contributed by atoms with Crippen molar-refractivity contribution < 1.29 is 9.47 Å². The molecule has 0 saturated heterocycles. The summed E-state index contributed by atoms with van der Waals surface area (Å²) in [5.41, 5.74) is 8.13. The minimum Gasteiger partial charge on any atom is -0.382 e. The Balaban J connectivity index is 1.72. The maximum absolute atomic E-state index is 5.67. The third kappa shape index (κ3) is 4.19. The Morgan fingerprint density at radius 1 is 0.885 bits per heavy atom. The number of nitrogens with zero attached hydrogens (tertiary/aromatic N) is 2. The fourth-order valence-corrected chi connectivity index (χ4v) is 3.75. The molecule has 140 valence electrons. The molecule has 1 aliphatic rings. The quantitative estimate of drug-likeness (QED) is 0.668. The van der Waals surface area contributed by atoms with Crippen LogP contribution in [-0.2, 0) is 16.0 Å². The van der Waals surface area contributed by atoms with Crippen molar-refractivity contribution in [2.75, 3.05) is 49.9 Å². The molecule has 0 aromatic heterocycles. The van der Waals surface area contributed by atoms with Crippen LogP contribution in [0.4, 0.5) is 11.4 Å². The van der Waals surface area contributed by atoms with Gasteiger partial charge in [-0.2, -0.15) is 0 Å². The fourth-order valence-electron chi connectivity index (χ4n) is 3.75. The molecule has 3 rings (SSSR count). The zero-order chi connectivity index (χ0) is 18.5. The van der Waals surface area contributed by atoms with Gasteiger partial charge in [-0.25, -0.2) is 0 Å². The highest BCUT2D eigenvalue weighted by Gasteiger charge is 2.25. The molecular formula is C22H30N2O2. The summed E-state index contributed by atoms with van der Waals surface area (Å²) in [4.78, 5) is 4.87. The zero-order valence-corrected chi connectivity index (χ0v) is 16.4. The molecule has 4 heteroatoms. The van der Waals surface area contributed by atoms with E-state index in [2.05, 4.69) is 67.0 Å². The Hall–Kier alpha value is -2.04. The molecule has 2 aromatic rings. The molecule has 0 spiro atoms. The van der Waals surface area contributed by atoms with Crippen LogP contribution in [0.2, 0.25) is 0 Å². The Kier molecular flexibility index (Phi) is 6.17. The van der Waals surface area contributed by atoms with Crippen molar-refractivity contribution in [3.63, 3.8) is 0 Å². The molecule has 1 heterocycles. The van der Waals surface area contributed by atoms with E-state index in [0.29, 0.717) is 19.8 Å². The number of fused-ring (bicyclic) bond motifs is 1. The van der Waals surface area contributed by atoms with Gasteiger partial charge in [0.25, 0.3) is 0 Å². The average molecular weight is 354 g/mol. The van der Waals surface area contributed by atoms with Crippen LogP contribution < -0.4 is 9.80 Å². The summed E-state index contributed by atoms with van der Waals surface area (Å²) in [6.07, 6.45) is 0. The largest absolute Gasteiger partial charge is 0.382 e. The van der Waals surface area contributed by atoms with Gasteiger partial charge in [0.05, 0.1) is 37.9 Å². The molecular weight excluding hydrogens is 324 g/mol. The molecule has 0 radical (unpaired) electrons. The molecule has 0 unspecified atom stereocenters. The third-order valence-corrected chi connectivity index (χ3v) is 5.03. The summed E-state index contributed by atoms with van der Waals surface area (Å²) in [6.45, 7) is 11.4. The summed E-state index contributed by atoms with van der Waals surface area (Å²) in [5.74, 6) is 0. The monoisotopic (exact) mass is 354 g/mol. The zero-order valence-electron chi connectivity index (χ0n) is 16.4. The topological polar surface area (TPSA) is 24.9 Å². The van der Waals surface area contributed by atoms with E-state index < -0.39 is 0 Å². The molecule has 26 heavy (non-hydrogen) atoms. The number of para-hydroxylation sites is 2. The first kappa shape index (κ1) is 18.7. The lowest BCUT2D eigenvalue weighted by atomic mass is 9.99. The molecule has 2 aromatic carbocycles. The second-order valence-corrected chi connectivity index (χ2v) is 7.07. The van der Waals surface area contributed by atoms with E-state index in [1.165, 1.54) is 33.6 Å². The van der Waals surface area contributed by atoms with E-state index in [1.54, 1.807) is 7.11 Å². The molecule has 4 nitrogen and oxygen atoms in total. The summed E-state index contributed by atoms with van der Waals surface area (Å²) in [7, 11) is 1.70. The summed E-state index contributed by atoms with van der Waals surface area (Å²) in [6, 6.07) is 13.2. The number of anilines is 2. The maximum Gasteiger partial charge on any atom is 0.0908 e. The molecule has 0 saturated carbocycles. The minimum atomic E-state index is 0.648. The van der Waals surface area contributed by atoms with Crippen molar-refractivity contribution in [3.8, 4) is 0 Å². The number of ether oxygens (including phenoxy) is 2. The van der Waals surface area contributed by atoms with E-state index in [-0.39, 0.29) is 0 Å². The Bertz CT molecular complexity index is 722. The second-order valence-electron chi connectivity index (χ2n) is 7.07. The molecule has 0 bridgehead atoms. The summed E-state index contributed by atoms with van der Waals surface area (Å²) < 4.78 is 10.7. The van der Waals surface area contributed by atoms with Crippen molar-refractivity contribution >= 4 is 11.4 Å². The summed E-state index contributed by atoms with van der Waals surface area (Å²) in [5, 5.41) is 0. The Morgan fingerprint density at radius 2 is 1.54 bits per heavy atom. The van der Waals surface area contributed by atoms with Gasteiger partial charge in [0.15, 0.2) is 0 Å². The van der Waals surface area contributed by atoms with Gasteiger partial charge < -0.3 is 19.3 Å². The van der Waals surface area contributed by atoms with E-state index in [9.17, 15) is 0 Å². The van der Waals surface area contributed by atoms with Crippen LogP contribution in [-0.4, -0.2) is 40.1 Å². The molecule has 0 atom stereocenters. The first-order valence-electron chi connectivity index (χ1n) is 9.32. The van der Waals surface area contributed by atoms with Gasteiger partial charge >= 0.3 is 0 Å². The fraction of sp³-hybridized carbons (Fsp3) is 0.455. The molecule has 0 aliphatic carbocycles. The normalized spacial score (nSPS) is 13.4. The van der Waals surface area contributed by atoms with Crippen molar-refractivity contribution in [3.05, 3.63) is 58.7 Å². The number of rotatable bonds is 8. The number of hydrogen-bond donors (Lipinski definition) is 0. The van der Waals surface area contributed by atoms with Crippen molar-refractivity contribution in [1.29, 1.82) is 0 Å². The highest BCUT2D eigenvalue weighted by molar-refractivity contribution is 5.76. The second kappa shape index (κ2) is 8.56. The lowest BCUT2D eigenvalue weighted by Gasteiger charge is -2.23. The average Bonchev–Trinajstić information content (AvgIpc) is 2.96. The van der Waals surface area contributed by atoms with Crippen molar-refractivity contribution in [2.24, 2.45) is 0 Å². The van der Waals surface area contributed by atoms with E-state index in [4.69, 9.17) is 9.47 Å². The Labute approximate surface area is 157 Å². The lowest BCUT2D eigenvalue weighted by molar-refractivity contribution is 0.0741. The van der Waals surface area contributed by atoms with Crippen LogP contribution in [0.25, 0.3) is 0 Å². The van der Waals surface area contributed by atoms with Crippen LogP contribution in [0.5, 0.6) is 0 Å². The molecule has 0 fully saturated rings. The van der Waals surface area contributed by atoms with E-state index >= 15 is 0 Å². The predicted molar refractivity (Wildman–Crippen MR) is 108 cm³/mol. The summed E-state index contributed by atoms with van der Waals surface area (Å²) >= 11 is 0. The highest BCUT2D eigenvalue weighted by atomic mass is 16.5. The van der Waals surface area contributed by atoms with Crippen LogP contribution in [0, 0.1) is 20.8 Å². The van der Waals surface area contributed by atoms with Gasteiger partial charge in [0, 0.05) is 20.2 Å². The molecule has 1 aliphatic heterocycles. The standard InChI is InChI=1S/C22H30N2O2/c1-17-13-18(2)20(19(3)14-17)15-24-16-23(9-10-26-12-11-25-4)21-7-5-6-8-22(21)24/h5-8,13-14H,9-12,15-16H2,1-4H3. The van der Waals surface area contributed by atoms with Gasteiger partial charge in [-0.1, -0.05) is 29.8 Å². The molecule has 0 amide bonds. The van der Waals surface area contributed by atoms with Crippen molar-refractivity contribution in [2.45, 2.75) is 27.3 Å². The minimum absolute atomic E-state index is 0.648. The van der Waals surface area contributed by atoms with Crippen LogP contribution >= 0.6 is 0 Å². The van der Waals surface area contributed by atoms with Gasteiger partial charge in [-0.05, 0) is 49.6 Å². The molecule has 0 N–H and O–H groups in total. The maximum atomic E-state index is 5.67. The highest BCUT2D eigenvalue weighted by Crippen LogP contribution is 2.37. The third-order valence-electron chi connectivity index (χ3n) is 5.03. The van der Waals surface area contributed by atoms with Crippen LogP contribution in [0.15, 0.2) is 36.4 Å². The van der Waals surface area contributed by atoms with Crippen LogP contribution in [0.3, 0.4) is 0 Å². The number of hydrogen-bond acceptors (Lipinski definition) is 4. The van der Waals surface area contributed by atoms with Crippen molar-refractivity contribution in [1.82, 2.24) is 0 Å². The van der Waals surface area contributed by atoms with Gasteiger partial charge in [0.1, 0.15) is 0 Å². The first-order chi connectivity index (χ1) is 12.6. The first-order valence-corrected chi connectivity index (χ1v) is 9.32. The Morgan fingerprint density at radius 3 is 2.19 bits per heavy atom. The van der Waals surface area contributed by atoms with Gasteiger partial charge in [-0.15, -0.1) is 0 Å². The van der Waals surface area contributed by atoms with Gasteiger partial charge in [0.2, 0.25) is 0 Å². The SMILES string of the molecule is COCCOCCN1CN(Cc2c(C)cc(C)cc2C)c2ccccc21. The van der Waals surface area contributed by atoms with Crippen LogP contribution in [0.1, 0.15) is 22.3 Å². The van der Waals surface area contributed by atoms with E-state index in [0.717, 1.165) is 19.8 Å². The number of aryl methyl sites for hydroxylation is 3. The number of methoxy groups -OCH3 is 1. The predicted octanol–water partition coefficient (Wildman–Crippen LogP) is 4.06. The van der Waals surface area contributed by atoms with E-state index in [1.807, 2.05) is 0 Å². The number of benzene rings is 2.